The van der Waals surface area contributed by atoms with E-state index in [1.165, 1.54) is 24.0 Å². The lowest BCUT2D eigenvalue weighted by Gasteiger charge is -2.12. The van der Waals surface area contributed by atoms with Crippen molar-refractivity contribution in [1.82, 2.24) is 0 Å². The molecule has 3 N–H and O–H groups in total. The smallest absolute Gasteiger partial charge is 0.0471 e. The van der Waals surface area contributed by atoms with Gasteiger partial charge in [-0.2, -0.15) is 0 Å². The third kappa shape index (κ3) is 1.68. The van der Waals surface area contributed by atoms with Gasteiger partial charge in [-0.05, 0) is 30.4 Å². The van der Waals surface area contributed by atoms with Gasteiger partial charge in [0, 0.05) is 18.6 Å². The summed E-state index contributed by atoms with van der Waals surface area (Å²) in [5.74, 6) is 0. The summed E-state index contributed by atoms with van der Waals surface area (Å²) >= 11 is 0. The third-order valence-corrected chi connectivity index (χ3v) is 3.21. The summed E-state index contributed by atoms with van der Waals surface area (Å²) in [7, 11) is 0. The van der Waals surface area contributed by atoms with Gasteiger partial charge in [-0.15, -0.1) is 0 Å². The van der Waals surface area contributed by atoms with Crippen molar-refractivity contribution in [2.24, 2.45) is 5.73 Å². The van der Waals surface area contributed by atoms with Crippen molar-refractivity contribution in [2.75, 3.05) is 13.2 Å². The van der Waals surface area contributed by atoms with Gasteiger partial charge in [0.15, 0.2) is 0 Å². The van der Waals surface area contributed by atoms with Gasteiger partial charge in [0.05, 0.1) is 0 Å². The van der Waals surface area contributed by atoms with E-state index >= 15 is 0 Å². The Balaban J connectivity index is 2.14. The van der Waals surface area contributed by atoms with Crippen molar-refractivity contribution in [3.05, 3.63) is 35.4 Å². The minimum atomic E-state index is 0.224. The zero-order chi connectivity index (χ0) is 10.0. The van der Waals surface area contributed by atoms with Gasteiger partial charge >= 0.3 is 0 Å². The van der Waals surface area contributed by atoms with Crippen LogP contribution in [-0.4, -0.2) is 18.3 Å². The van der Waals surface area contributed by atoms with Crippen LogP contribution in [0, 0.1) is 0 Å². The molecule has 0 spiro atoms. The first-order valence-electron chi connectivity index (χ1n) is 5.21. The first-order chi connectivity index (χ1) is 6.80. The normalized spacial score (nSPS) is 18.1. The van der Waals surface area contributed by atoms with Crippen molar-refractivity contribution in [3.63, 3.8) is 0 Å². The van der Waals surface area contributed by atoms with Crippen LogP contribution in [0.1, 0.15) is 24.0 Å². The number of hydrogen-bond donors (Lipinski definition) is 2. The van der Waals surface area contributed by atoms with Crippen LogP contribution in [0.3, 0.4) is 0 Å². The molecule has 2 rings (SSSR count). The first-order valence-corrected chi connectivity index (χ1v) is 5.21. The van der Waals surface area contributed by atoms with E-state index in [1.54, 1.807) is 0 Å². The average Bonchev–Trinajstić information content (AvgIpc) is 3.00. The predicted octanol–water partition coefficient (Wildman–Crippen LogP) is 1.21. The number of aliphatic hydroxyl groups excluding tert-OH is 1. The lowest BCUT2D eigenvalue weighted by Crippen LogP contribution is -2.19. The molecule has 1 saturated carbocycles. The maximum absolute atomic E-state index is 8.79. The zero-order valence-electron chi connectivity index (χ0n) is 8.37. The standard InChI is InChI=1S/C12H17NO/c13-9-12(6-7-12)11-3-1-10(2-4-11)5-8-14/h1-4,14H,5-9,13H2. The van der Waals surface area contributed by atoms with Crippen LogP contribution in [0.25, 0.3) is 0 Å². The highest BCUT2D eigenvalue weighted by Crippen LogP contribution is 2.47. The van der Waals surface area contributed by atoms with E-state index in [0.29, 0.717) is 0 Å². The highest BCUT2D eigenvalue weighted by molar-refractivity contribution is 5.34. The molecule has 0 heterocycles. The Labute approximate surface area is 84.7 Å². The fourth-order valence-electron chi connectivity index (χ4n) is 1.92. The van der Waals surface area contributed by atoms with Gasteiger partial charge in [0.2, 0.25) is 0 Å². The van der Waals surface area contributed by atoms with Gasteiger partial charge in [-0.3, -0.25) is 0 Å². The van der Waals surface area contributed by atoms with E-state index in [2.05, 4.69) is 24.3 Å². The van der Waals surface area contributed by atoms with Crippen LogP contribution in [0.15, 0.2) is 24.3 Å². The molecule has 76 valence electrons. The molecule has 1 aliphatic rings. The monoisotopic (exact) mass is 191 g/mol. The molecule has 1 aliphatic carbocycles. The molecule has 0 atom stereocenters. The Bertz CT molecular complexity index is 301. The third-order valence-electron chi connectivity index (χ3n) is 3.21. The largest absolute Gasteiger partial charge is 0.396 e. The molecule has 1 aromatic carbocycles. The van der Waals surface area contributed by atoms with Crippen LogP contribution in [0.5, 0.6) is 0 Å². The average molecular weight is 191 g/mol. The Morgan fingerprint density at radius 3 is 2.29 bits per heavy atom. The second kappa shape index (κ2) is 3.71. The molecule has 0 aromatic heterocycles. The van der Waals surface area contributed by atoms with Crippen LogP contribution in [0.4, 0.5) is 0 Å². The number of rotatable bonds is 4. The Hall–Kier alpha value is -0.860. The Morgan fingerprint density at radius 2 is 1.86 bits per heavy atom. The Morgan fingerprint density at radius 1 is 1.21 bits per heavy atom. The summed E-state index contributed by atoms with van der Waals surface area (Å²) < 4.78 is 0. The topological polar surface area (TPSA) is 46.2 Å². The van der Waals surface area contributed by atoms with Crippen molar-refractivity contribution in [1.29, 1.82) is 0 Å². The maximum atomic E-state index is 8.79. The SMILES string of the molecule is NCC1(c2ccc(CCO)cc2)CC1. The summed E-state index contributed by atoms with van der Waals surface area (Å²) in [5.41, 5.74) is 8.61. The number of nitrogens with two attached hydrogens (primary N) is 1. The Kier molecular flexibility index (Phi) is 2.57. The fourth-order valence-corrected chi connectivity index (χ4v) is 1.92. The lowest BCUT2D eigenvalue weighted by molar-refractivity contribution is 0.299. The van der Waals surface area contributed by atoms with E-state index in [4.69, 9.17) is 10.8 Å². The van der Waals surface area contributed by atoms with Crippen LogP contribution < -0.4 is 5.73 Å². The van der Waals surface area contributed by atoms with E-state index in [0.717, 1.165) is 13.0 Å². The molecule has 0 radical (unpaired) electrons. The molecule has 0 saturated heterocycles. The predicted molar refractivity (Wildman–Crippen MR) is 57.2 cm³/mol. The van der Waals surface area contributed by atoms with E-state index in [9.17, 15) is 0 Å². The van der Waals surface area contributed by atoms with Crippen molar-refractivity contribution in [3.8, 4) is 0 Å². The van der Waals surface area contributed by atoms with E-state index < -0.39 is 0 Å². The highest BCUT2D eigenvalue weighted by atomic mass is 16.2. The number of hydrogen-bond acceptors (Lipinski definition) is 2. The molecule has 14 heavy (non-hydrogen) atoms. The molecule has 2 nitrogen and oxygen atoms in total. The van der Waals surface area contributed by atoms with Crippen molar-refractivity contribution >= 4 is 0 Å². The fraction of sp³-hybridized carbons (Fsp3) is 0.500. The molecule has 0 unspecified atom stereocenters. The molecule has 0 amide bonds. The van der Waals surface area contributed by atoms with Crippen LogP contribution in [-0.2, 0) is 11.8 Å². The summed E-state index contributed by atoms with van der Waals surface area (Å²) in [6, 6.07) is 8.51. The molecular weight excluding hydrogens is 174 g/mol. The second-order valence-electron chi connectivity index (χ2n) is 4.15. The second-order valence-corrected chi connectivity index (χ2v) is 4.15. The van der Waals surface area contributed by atoms with Gasteiger partial charge in [0.25, 0.3) is 0 Å². The van der Waals surface area contributed by atoms with Crippen molar-refractivity contribution < 1.29 is 5.11 Å². The summed E-state index contributed by atoms with van der Waals surface area (Å²) in [5, 5.41) is 8.79. The minimum absolute atomic E-state index is 0.224. The molecule has 0 bridgehead atoms. The number of benzene rings is 1. The first kappa shape index (κ1) is 9.69. The lowest BCUT2D eigenvalue weighted by atomic mass is 9.95. The molecular formula is C12H17NO. The van der Waals surface area contributed by atoms with Gasteiger partial charge in [-0.25, -0.2) is 0 Å². The molecule has 2 heteroatoms. The number of aliphatic hydroxyl groups is 1. The zero-order valence-corrected chi connectivity index (χ0v) is 8.37. The van der Waals surface area contributed by atoms with Gasteiger partial charge < -0.3 is 10.8 Å². The van der Waals surface area contributed by atoms with Crippen molar-refractivity contribution in [2.45, 2.75) is 24.7 Å². The molecule has 0 aliphatic heterocycles. The molecule has 1 fully saturated rings. The summed E-state index contributed by atoms with van der Waals surface area (Å²) in [6.45, 7) is 0.980. The van der Waals surface area contributed by atoms with E-state index in [-0.39, 0.29) is 12.0 Å². The van der Waals surface area contributed by atoms with Crippen LogP contribution in [0.2, 0.25) is 0 Å². The van der Waals surface area contributed by atoms with Crippen LogP contribution >= 0.6 is 0 Å². The quantitative estimate of drug-likeness (QED) is 0.751. The van der Waals surface area contributed by atoms with E-state index in [1.807, 2.05) is 0 Å². The molecule has 1 aromatic rings. The summed E-state index contributed by atoms with van der Waals surface area (Å²) in [4.78, 5) is 0. The minimum Gasteiger partial charge on any atom is -0.396 e. The highest BCUT2D eigenvalue weighted by Gasteiger charge is 2.42. The van der Waals surface area contributed by atoms with Gasteiger partial charge in [0.1, 0.15) is 0 Å². The summed E-state index contributed by atoms with van der Waals surface area (Å²) in [6.07, 6.45) is 3.20. The maximum Gasteiger partial charge on any atom is 0.0471 e. The van der Waals surface area contributed by atoms with Gasteiger partial charge in [-0.1, -0.05) is 24.3 Å².